The Morgan fingerprint density at radius 3 is 1.13 bits per heavy atom. The van der Waals surface area contributed by atoms with Gasteiger partial charge in [-0.25, -0.2) is 0 Å². The molecule has 4 nitrogen and oxygen atoms in total. The monoisotopic (exact) mass is 876 g/mol. The van der Waals surface area contributed by atoms with Crippen LogP contribution < -0.4 is 9.80 Å². The Morgan fingerprint density at radius 2 is 0.691 bits per heavy atom. The predicted molar refractivity (Wildman–Crippen MR) is 286 cm³/mol. The minimum atomic E-state index is 0.00301. The van der Waals surface area contributed by atoms with Crippen LogP contribution in [0.3, 0.4) is 0 Å². The number of anilines is 6. The van der Waals surface area contributed by atoms with Gasteiger partial charge in [0, 0.05) is 34.1 Å². The van der Waals surface area contributed by atoms with Gasteiger partial charge in [0.05, 0.1) is 23.3 Å². The molecule has 0 N–H and O–H groups in total. The van der Waals surface area contributed by atoms with Crippen LogP contribution in [0.4, 0.5) is 34.1 Å². The minimum absolute atomic E-state index is 0.00301. The number of hydrogen-bond donors (Lipinski definition) is 0. The zero-order valence-corrected chi connectivity index (χ0v) is 39.4. The van der Waals surface area contributed by atoms with Gasteiger partial charge in [0.1, 0.15) is 0 Å². The average molecular weight is 877 g/mol. The van der Waals surface area contributed by atoms with Crippen molar-refractivity contribution in [3.05, 3.63) is 229 Å². The molecule has 68 heavy (non-hydrogen) atoms. The highest BCUT2D eigenvalue weighted by atomic mass is 15.1. The van der Waals surface area contributed by atoms with Crippen LogP contribution in [0.25, 0.3) is 54.6 Å². The fraction of sp³-hybridized carbons (Fsp3) is 0.125. The summed E-state index contributed by atoms with van der Waals surface area (Å²) >= 11 is 0. The average Bonchev–Trinajstić information content (AvgIpc) is 3.36. The molecule has 0 aliphatic heterocycles. The van der Waals surface area contributed by atoms with E-state index >= 15 is 0 Å². The molecule has 0 heterocycles. The summed E-state index contributed by atoms with van der Waals surface area (Å²) in [5.74, 6) is 0. The summed E-state index contributed by atoms with van der Waals surface area (Å²) in [6, 6.07) is 77.9. The van der Waals surface area contributed by atoms with Crippen molar-refractivity contribution in [3.8, 4) is 34.4 Å². The topological polar surface area (TPSA) is 54.1 Å². The van der Waals surface area contributed by atoms with Crippen LogP contribution in [0.1, 0.15) is 63.8 Å². The first-order chi connectivity index (χ1) is 32.9. The quantitative estimate of drug-likeness (QED) is 0.143. The Hall–Kier alpha value is -8.44. The van der Waals surface area contributed by atoms with E-state index in [2.05, 4.69) is 245 Å². The Kier molecular flexibility index (Phi) is 11.1. The highest BCUT2D eigenvalue weighted by Gasteiger charge is 2.24. The molecular formula is C64H52N4. The normalized spacial score (nSPS) is 11.6. The van der Waals surface area contributed by atoms with Gasteiger partial charge in [-0.1, -0.05) is 151 Å². The molecule has 0 amide bonds. The first-order valence-electron chi connectivity index (χ1n) is 23.3. The molecule has 0 bridgehead atoms. The second kappa shape index (κ2) is 17.4. The van der Waals surface area contributed by atoms with Crippen LogP contribution in [0.5, 0.6) is 0 Å². The van der Waals surface area contributed by atoms with E-state index in [1.54, 1.807) is 0 Å². The van der Waals surface area contributed by atoms with Crippen LogP contribution in [0, 0.1) is 22.7 Å². The van der Waals surface area contributed by atoms with Crippen molar-refractivity contribution in [1.82, 2.24) is 0 Å². The maximum atomic E-state index is 9.93. The molecule has 0 saturated carbocycles. The van der Waals surface area contributed by atoms with E-state index in [-0.39, 0.29) is 10.8 Å². The van der Waals surface area contributed by atoms with Crippen LogP contribution in [0.15, 0.2) is 206 Å². The molecule has 0 spiro atoms. The summed E-state index contributed by atoms with van der Waals surface area (Å²) in [7, 11) is 0. The van der Waals surface area contributed by atoms with Crippen LogP contribution in [0.2, 0.25) is 0 Å². The minimum Gasteiger partial charge on any atom is -0.310 e. The summed E-state index contributed by atoms with van der Waals surface area (Å²) < 4.78 is 0. The first kappa shape index (κ1) is 43.5. The maximum Gasteiger partial charge on any atom is 0.0991 e. The zero-order chi connectivity index (χ0) is 47.2. The largest absolute Gasteiger partial charge is 0.310 e. The lowest BCUT2D eigenvalue weighted by molar-refractivity contribution is 0.590. The van der Waals surface area contributed by atoms with E-state index in [0.717, 1.165) is 77.9 Å². The van der Waals surface area contributed by atoms with E-state index < -0.39 is 0 Å². The number of nitriles is 2. The number of hydrogen-bond acceptors (Lipinski definition) is 4. The standard InChI is InChI=1S/C64H52N4/c1-63(2,3)49-25-30-52(31-26-49)67(51-14-8-7-9-15-51)55-34-36-57-59(39-55)61(46-20-16-43(41-65)17-21-46)58-37-35-56(40-60(58)62(57)47-22-18-44(42-66)19-23-47)68(53-32-27-50(28-33-53)64(4,5)6)54-29-24-45-12-10-11-13-48(45)38-54/h7-40H,1-6H3. The third-order valence-corrected chi connectivity index (χ3v) is 13.2. The van der Waals surface area contributed by atoms with Crippen LogP contribution in [-0.4, -0.2) is 0 Å². The highest BCUT2D eigenvalue weighted by Crippen LogP contribution is 2.49. The Morgan fingerprint density at radius 1 is 0.324 bits per heavy atom. The molecule has 328 valence electrons. The fourth-order valence-electron chi connectivity index (χ4n) is 9.54. The molecule has 0 aliphatic rings. The molecule has 4 heteroatoms. The van der Waals surface area contributed by atoms with Gasteiger partial charge < -0.3 is 9.80 Å². The number of nitrogens with zero attached hydrogens (tertiary/aromatic N) is 4. The van der Waals surface area contributed by atoms with Crippen molar-refractivity contribution in [3.63, 3.8) is 0 Å². The molecule has 0 fully saturated rings. The molecular weight excluding hydrogens is 825 g/mol. The van der Waals surface area contributed by atoms with Gasteiger partial charge in [0.2, 0.25) is 0 Å². The fourth-order valence-corrected chi connectivity index (χ4v) is 9.54. The number of para-hydroxylation sites is 1. The maximum absolute atomic E-state index is 9.93. The Labute approximate surface area is 400 Å². The van der Waals surface area contributed by atoms with E-state index in [1.807, 2.05) is 24.3 Å². The first-order valence-corrected chi connectivity index (χ1v) is 23.3. The second-order valence-electron chi connectivity index (χ2n) is 19.7. The van der Waals surface area contributed by atoms with Crippen molar-refractivity contribution in [2.24, 2.45) is 0 Å². The zero-order valence-electron chi connectivity index (χ0n) is 39.4. The summed E-state index contributed by atoms with van der Waals surface area (Å²) in [4.78, 5) is 4.69. The van der Waals surface area contributed by atoms with Crippen molar-refractivity contribution in [1.29, 1.82) is 10.5 Å². The summed E-state index contributed by atoms with van der Waals surface area (Å²) in [5.41, 5.74) is 14.2. The Balaban J connectivity index is 1.28. The molecule has 0 aromatic heterocycles. The Bertz CT molecular complexity index is 3560. The van der Waals surface area contributed by atoms with Gasteiger partial charge in [-0.15, -0.1) is 0 Å². The summed E-state index contributed by atoms with van der Waals surface area (Å²) in [6.07, 6.45) is 0. The summed E-state index contributed by atoms with van der Waals surface area (Å²) in [6.45, 7) is 13.5. The predicted octanol–water partition coefficient (Wildman–Crippen LogP) is 17.8. The molecule has 0 saturated heterocycles. The SMILES string of the molecule is CC(C)(C)c1ccc(N(c2ccccc2)c2ccc3c(-c4ccc(C#N)cc4)c4cc(N(c5ccc(C(C)(C)C)cc5)c5ccc6ccccc6c5)ccc4c(-c4ccc(C#N)cc4)c3c2)cc1. The van der Waals surface area contributed by atoms with Crippen molar-refractivity contribution in [2.75, 3.05) is 9.80 Å². The second-order valence-corrected chi connectivity index (χ2v) is 19.7. The third kappa shape index (κ3) is 8.23. The van der Waals surface area contributed by atoms with E-state index in [0.29, 0.717) is 11.1 Å². The van der Waals surface area contributed by atoms with Gasteiger partial charge in [0.15, 0.2) is 0 Å². The molecule has 0 unspecified atom stereocenters. The lowest BCUT2D eigenvalue weighted by atomic mass is 9.85. The molecule has 0 radical (unpaired) electrons. The number of fused-ring (bicyclic) bond motifs is 3. The summed E-state index contributed by atoms with van der Waals surface area (Å²) in [5, 5.41) is 26.5. The lowest BCUT2D eigenvalue weighted by Crippen LogP contribution is -2.13. The molecule has 10 aromatic carbocycles. The third-order valence-electron chi connectivity index (χ3n) is 13.2. The molecule has 10 rings (SSSR count). The van der Waals surface area contributed by atoms with Gasteiger partial charge in [-0.05, 0) is 174 Å². The van der Waals surface area contributed by atoms with Crippen LogP contribution >= 0.6 is 0 Å². The van der Waals surface area contributed by atoms with Gasteiger partial charge in [-0.2, -0.15) is 10.5 Å². The molecule has 0 atom stereocenters. The van der Waals surface area contributed by atoms with Gasteiger partial charge in [-0.3, -0.25) is 0 Å². The van der Waals surface area contributed by atoms with Gasteiger partial charge >= 0.3 is 0 Å². The smallest absolute Gasteiger partial charge is 0.0991 e. The van der Waals surface area contributed by atoms with Crippen molar-refractivity contribution < 1.29 is 0 Å². The number of rotatable bonds is 8. The molecule has 0 aliphatic carbocycles. The highest BCUT2D eigenvalue weighted by molar-refractivity contribution is 6.22. The van der Waals surface area contributed by atoms with E-state index in [9.17, 15) is 10.5 Å². The molecule has 10 aromatic rings. The van der Waals surface area contributed by atoms with E-state index in [4.69, 9.17) is 0 Å². The van der Waals surface area contributed by atoms with Crippen molar-refractivity contribution in [2.45, 2.75) is 52.4 Å². The van der Waals surface area contributed by atoms with Crippen LogP contribution in [-0.2, 0) is 10.8 Å². The lowest BCUT2D eigenvalue weighted by Gasteiger charge is -2.29. The van der Waals surface area contributed by atoms with E-state index in [1.165, 1.54) is 21.9 Å². The van der Waals surface area contributed by atoms with Gasteiger partial charge in [0.25, 0.3) is 0 Å². The number of benzene rings is 10. The van der Waals surface area contributed by atoms with Crippen molar-refractivity contribution >= 4 is 66.4 Å².